The minimum absolute atomic E-state index is 0.152. The van der Waals surface area contributed by atoms with Crippen LogP contribution in [-0.2, 0) is 15.0 Å². The number of halogens is 1. The summed E-state index contributed by atoms with van der Waals surface area (Å²) in [5.41, 5.74) is 0.674. The van der Waals surface area contributed by atoms with Crippen molar-refractivity contribution in [3.63, 3.8) is 0 Å². The van der Waals surface area contributed by atoms with E-state index in [1.54, 1.807) is 24.3 Å². The SMILES string of the molecule is NS(=O)(=O)N1CCN(CC(=O)Nc2ccc(Cl)cc2)CC1. The minimum Gasteiger partial charge on any atom is -0.325 e. The van der Waals surface area contributed by atoms with Gasteiger partial charge in [0.15, 0.2) is 0 Å². The van der Waals surface area contributed by atoms with E-state index >= 15 is 0 Å². The topological polar surface area (TPSA) is 95.7 Å². The van der Waals surface area contributed by atoms with Crippen LogP contribution in [0, 0.1) is 0 Å². The van der Waals surface area contributed by atoms with Gasteiger partial charge in [0.05, 0.1) is 6.54 Å². The zero-order valence-electron chi connectivity index (χ0n) is 11.3. The van der Waals surface area contributed by atoms with Crippen molar-refractivity contribution in [2.75, 3.05) is 38.0 Å². The third-order valence-electron chi connectivity index (χ3n) is 3.19. The summed E-state index contributed by atoms with van der Waals surface area (Å²) in [4.78, 5) is 13.8. The molecule has 9 heteroatoms. The Labute approximate surface area is 128 Å². The van der Waals surface area contributed by atoms with Gasteiger partial charge in [-0.15, -0.1) is 0 Å². The van der Waals surface area contributed by atoms with Crippen molar-refractivity contribution in [1.29, 1.82) is 0 Å². The lowest BCUT2D eigenvalue weighted by molar-refractivity contribution is -0.117. The molecule has 7 nitrogen and oxygen atoms in total. The molecule has 2 rings (SSSR count). The van der Waals surface area contributed by atoms with E-state index < -0.39 is 10.2 Å². The molecule has 1 aromatic rings. The average Bonchev–Trinajstić information content (AvgIpc) is 2.41. The molecule has 1 fully saturated rings. The van der Waals surface area contributed by atoms with Crippen molar-refractivity contribution < 1.29 is 13.2 Å². The maximum absolute atomic E-state index is 11.9. The zero-order chi connectivity index (χ0) is 15.5. The number of carbonyl (C=O) groups excluding carboxylic acids is 1. The largest absolute Gasteiger partial charge is 0.325 e. The fourth-order valence-electron chi connectivity index (χ4n) is 2.08. The molecular formula is C12H17ClN4O3S. The molecule has 1 saturated heterocycles. The highest BCUT2D eigenvalue weighted by Gasteiger charge is 2.24. The lowest BCUT2D eigenvalue weighted by atomic mass is 10.3. The number of anilines is 1. The average molecular weight is 333 g/mol. The van der Waals surface area contributed by atoms with E-state index in [1.807, 2.05) is 4.90 Å². The number of hydrogen-bond acceptors (Lipinski definition) is 4. The lowest BCUT2D eigenvalue weighted by Gasteiger charge is -2.32. The first-order chi connectivity index (χ1) is 9.84. The van der Waals surface area contributed by atoms with Crippen LogP contribution >= 0.6 is 11.6 Å². The smallest absolute Gasteiger partial charge is 0.276 e. The number of nitrogens with one attached hydrogen (secondary N) is 1. The molecule has 0 atom stereocenters. The fraction of sp³-hybridized carbons (Fsp3) is 0.417. The number of amides is 1. The molecule has 0 aliphatic carbocycles. The second kappa shape index (κ2) is 6.71. The molecule has 1 aliphatic rings. The summed E-state index contributed by atoms with van der Waals surface area (Å²) in [7, 11) is -3.64. The van der Waals surface area contributed by atoms with Crippen LogP contribution in [0.4, 0.5) is 5.69 Å². The number of nitrogens with two attached hydrogens (primary N) is 1. The molecule has 0 radical (unpaired) electrons. The third kappa shape index (κ3) is 4.94. The monoisotopic (exact) mass is 332 g/mol. The Balaban J connectivity index is 1.80. The van der Waals surface area contributed by atoms with E-state index in [4.69, 9.17) is 16.7 Å². The first-order valence-corrected chi connectivity index (χ1v) is 8.28. The van der Waals surface area contributed by atoms with Gasteiger partial charge in [0.2, 0.25) is 5.91 Å². The maximum Gasteiger partial charge on any atom is 0.276 e. The van der Waals surface area contributed by atoms with Crippen molar-refractivity contribution in [2.24, 2.45) is 5.14 Å². The van der Waals surface area contributed by atoms with Crippen molar-refractivity contribution in [3.05, 3.63) is 29.3 Å². The normalized spacial score (nSPS) is 17.6. The van der Waals surface area contributed by atoms with Gasteiger partial charge in [-0.1, -0.05) is 11.6 Å². The van der Waals surface area contributed by atoms with Crippen molar-refractivity contribution in [3.8, 4) is 0 Å². The summed E-state index contributed by atoms with van der Waals surface area (Å²) < 4.78 is 23.6. The fourth-order valence-corrected chi connectivity index (χ4v) is 2.88. The van der Waals surface area contributed by atoms with Gasteiger partial charge in [-0.25, -0.2) is 5.14 Å². The highest BCUT2D eigenvalue weighted by molar-refractivity contribution is 7.86. The van der Waals surface area contributed by atoms with Crippen molar-refractivity contribution >= 4 is 33.4 Å². The Bertz CT molecular complexity index is 597. The van der Waals surface area contributed by atoms with Gasteiger partial charge >= 0.3 is 0 Å². The van der Waals surface area contributed by atoms with Crippen LogP contribution in [0.1, 0.15) is 0 Å². The summed E-state index contributed by atoms with van der Waals surface area (Å²) in [6, 6.07) is 6.84. The predicted octanol–water partition coefficient (Wildman–Crippen LogP) is 0.0996. The van der Waals surface area contributed by atoms with Gasteiger partial charge < -0.3 is 5.32 Å². The van der Waals surface area contributed by atoms with E-state index in [1.165, 1.54) is 4.31 Å². The van der Waals surface area contributed by atoms with Gasteiger partial charge in [-0.05, 0) is 24.3 Å². The molecule has 1 heterocycles. The molecular weight excluding hydrogens is 316 g/mol. The minimum atomic E-state index is -3.64. The van der Waals surface area contributed by atoms with Crippen LogP contribution in [0.5, 0.6) is 0 Å². The van der Waals surface area contributed by atoms with Crippen LogP contribution in [0.25, 0.3) is 0 Å². The van der Waals surface area contributed by atoms with Crippen LogP contribution in [0.15, 0.2) is 24.3 Å². The molecule has 0 unspecified atom stereocenters. The van der Waals surface area contributed by atoms with Crippen molar-refractivity contribution in [2.45, 2.75) is 0 Å². The second-order valence-electron chi connectivity index (χ2n) is 4.78. The summed E-state index contributed by atoms with van der Waals surface area (Å²) in [6.45, 7) is 1.76. The highest BCUT2D eigenvalue weighted by atomic mass is 35.5. The molecule has 21 heavy (non-hydrogen) atoms. The van der Waals surface area contributed by atoms with Crippen LogP contribution in [-0.4, -0.2) is 56.3 Å². The van der Waals surface area contributed by atoms with E-state index in [0.29, 0.717) is 36.9 Å². The van der Waals surface area contributed by atoms with Gasteiger partial charge in [0, 0.05) is 36.9 Å². The first-order valence-electron chi connectivity index (χ1n) is 6.40. The molecule has 1 amide bonds. The summed E-state index contributed by atoms with van der Waals surface area (Å²) in [5.74, 6) is -0.152. The Kier molecular flexibility index (Phi) is 5.17. The summed E-state index contributed by atoms with van der Waals surface area (Å²) in [6.07, 6.45) is 0. The van der Waals surface area contributed by atoms with Crippen LogP contribution in [0.2, 0.25) is 5.02 Å². The highest BCUT2D eigenvalue weighted by Crippen LogP contribution is 2.13. The Morgan fingerprint density at radius 3 is 2.29 bits per heavy atom. The molecule has 0 saturated carbocycles. The second-order valence-corrected chi connectivity index (χ2v) is 6.76. The van der Waals surface area contributed by atoms with Crippen LogP contribution in [0.3, 0.4) is 0 Å². The predicted molar refractivity (Wildman–Crippen MR) is 81.2 cm³/mol. The van der Waals surface area contributed by atoms with E-state index in [9.17, 15) is 13.2 Å². The molecule has 3 N–H and O–H groups in total. The molecule has 0 aromatic heterocycles. The van der Waals surface area contributed by atoms with Gasteiger partial charge in [-0.2, -0.15) is 12.7 Å². The maximum atomic E-state index is 11.9. The Morgan fingerprint density at radius 2 is 1.76 bits per heavy atom. The summed E-state index contributed by atoms with van der Waals surface area (Å²) >= 11 is 5.77. The molecule has 1 aromatic carbocycles. The zero-order valence-corrected chi connectivity index (χ0v) is 12.9. The Hall–Kier alpha value is -1.19. The van der Waals surface area contributed by atoms with Gasteiger partial charge in [-0.3, -0.25) is 9.69 Å². The molecule has 1 aliphatic heterocycles. The Morgan fingerprint density at radius 1 is 1.19 bits per heavy atom. The van der Waals surface area contributed by atoms with E-state index in [2.05, 4.69) is 5.32 Å². The first kappa shape index (κ1) is 16.2. The van der Waals surface area contributed by atoms with Crippen molar-refractivity contribution in [1.82, 2.24) is 9.21 Å². The number of hydrogen-bond donors (Lipinski definition) is 2. The molecule has 0 spiro atoms. The quantitative estimate of drug-likeness (QED) is 0.817. The number of carbonyl (C=O) groups is 1. The third-order valence-corrected chi connectivity index (χ3v) is 4.52. The standard InChI is InChI=1S/C12H17ClN4O3S/c13-10-1-3-11(4-2-10)15-12(18)9-16-5-7-17(8-6-16)21(14,19)20/h1-4H,5-9H2,(H,15,18)(H2,14,19,20). The van der Waals surface area contributed by atoms with Crippen LogP contribution < -0.4 is 10.5 Å². The van der Waals surface area contributed by atoms with E-state index in [-0.39, 0.29) is 12.5 Å². The van der Waals surface area contributed by atoms with Gasteiger partial charge in [0.25, 0.3) is 10.2 Å². The van der Waals surface area contributed by atoms with Gasteiger partial charge in [0.1, 0.15) is 0 Å². The molecule has 0 bridgehead atoms. The number of rotatable bonds is 4. The van der Waals surface area contributed by atoms with E-state index in [0.717, 1.165) is 0 Å². The summed E-state index contributed by atoms with van der Waals surface area (Å²) in [5, 5.41) is 8.43. The number of nitrogens with zero attached hydrogens (tertiary/aromatic N) is 2. The number of benzene rings is 1. The molecule has 116 valence electrons. The lowest BCUT2D eigenvalue weighted by Crippen LogP contribution is -2.52. The number of piperazine rings is 1.